The summed E-state index contributed by atoms with van der Waals surface area (Å²) in [6.45, 7) is 0. The van der Waals surface area contributed by atoms with Crippen LogP contribution in [0.4, 0.5) is 0 Å². The zero-order valence-corrected chi connectivity index (χ0v) is 8.86. The summed E-state index contributed by atoms with van der Waals surface area (Å²) in [5.74, 6) is 0. The number of hydrogen-bond acceptors (Lipinski definition) is 0. The second kappa shape index (κ2) is 8.55. The molecule has 0 heteroatoms. The van der Waals surface area contributed by atoms with Crippen molar-refractivity contribution in [3.8, 4) is 0 Å². The lowest BCUT2D eigenvalue weighted by Gasteiger charge is -1.91. The number of hydrogen-bond donors (Lipinski definition) is 0. The van der Waals surface area contributed by atoms with E-state index >= 15 is 0 Å². The van der Waals surface area contributed by atoms with Crippen molar-refractivity contribution in [3.05, 3.63) is 48.6 Å². The SMILES string of the molecule is C1=CCC/C=C\C/C=C/CCC/C=C\1. The van der Waals surface area contributed by atoms with E-state index in [0.717, 1.165) is 19.3 Å². The first-order valence-corrected chi connectivity index (χ1v) is 5.62. The van der Waals surface area contributed by atoms with Gasteiger partial charge in [0.1, 0.15) is 0 Å². The molecule has 1 aliphatic rings. The Morgan fingerprint density at radius 1 is 0.500 bits per heavy atom. The summed E-state index contributed by atoms with van der Waals surface area (Å²) in [4.78, 5) is 0. The molecule has 0 spiro atoms. The molecule has 0 unspecified atom stereocenters. The summed E-state index contributed by atoms with van der Waals surface area (Å²) in [6.07, 6.45) is 25.0. The monoisotopic (exact) mass is 188 g/mol. The van der Waals surface area contributed by atoms with Crippen molar-refractivity contribution < 1.29 is 0 Å². The normalized spacial score (nSPS) is 26.3. The second-order valence-corrected chi connectivity index (χ2v) is 3.54. The molecule has 0 nitrogen and oxygen atoms in total. The molecule has 0 N–H and O–H groups in total. The van der Waals surface area contributed by atoms with Gasteiger partial charge in [0.2, 0.25) is 0 Å². The van der Waals surface area contributed by atoms with Gasteiger partial charge in [0.05, 0.1) is 0 Å². The molecule has 0 aromatic heterocycles. The maximum atomic E-state index is 2.29. The van der Waals surface area contributed by atoms with Crippen LogP contribution in [0.3, 0.4) is 0 Å². The lowest BCUT2D eigenvalue weighted by atomic mass is 10.2. The number of rotatable bonds is 0. The molecule has 1 rings (SSSR count). The molecule has 0 aromatic carbocycles. The van der Waals surface area contributed by atoms with E-state index < -0.39 is 0 Å². The summed E-state index contributed by atoms with van der Waals surface area (Å²) < 4.78 is 0. The van der Waals surface area contributed by atoms with Crippen LogP contribution in [0.2, 0.25) is 0 Å². The van der Waals surface area contributed by atoms with Gasteiger partial charge in [-0.3, -0.25) is 0 Å². The first-order chi connectivity index (χ1) is 7.00. The van der Waals surface area contributed by atoms with Gasteiger partial charge in [-0.25, -0.2) is 0 Å². The van der Waals surface area contributed by atoms with Gasteiger partial charge >= 0.3 is 0 Å². The van der Waals surface area contributed by atoms with Crippen molar-refractivity contribution in [2.45, 2.75) is 38.5 Å². The second-order valence-electron chi connectivity index (χ2n) is 3.54. The average Bonchev–Trinajstić information content (AvgIpc) is 2.22. The molecule has 0 aliphatic heterocycles. The lowest BCUT2D eigenvalue weighted by Crippen LogP contribution is -1.70. The average molecular weight is 188 g/mol. The van der Waals surface area contributed by atoms with Crippen LogP contribution in [-0.2, 0) is 0 Å². The molecular formula is C14H20. The van der Waals surface area contributed by atoms with Crippen molar-refractivity contribution in [2.24, 2.45) is 0 Å². The third-order valence-corrected chi connectivity index (χ3v) is 2.23. The minimum Gasteiger partial charge on any atom is -0.0882 e. The standard InChI is InChI=1S/C14H20/c1-2-4-6-8-10-12-14-13-11-9-7-5-3-1/h1-4,9,11-12,14H,5-8,10,13H2/b3-1?,4-2-,11-9-,14-12+. The smallest absolute Gasteiger partial charge is 0.0169 e. The van der Waals surface area contributed by atoms with E-state index in [0.29, 0.717) is 0 Å². The molecular weight excluding hydrogens is 168 g/mol. The molecule has 0 amide bonds. The van der Waals surface area contributed by atoms with E-state index in [1.165, 1.54) is 19.3 Å². The van der Waals surface area contributed by atoms with Crippen LogP contribution in [0.25, 0.3) is 0 Å². The van der Waals surface area contributed by atoms with E-state index in [-0.39, 0.29) is 0 Å². The van der Waals surface area contributed by atoms with E-state index in [1.54, 1.807) is 0 Å². The topological polar surface area (TPSA) is 0 Å². The highest BCUT2D eigenvalue weighted by Crippen LogP contribution is 2.01. The molecule has 1 aliphatic carbocycles. The quantitative estimate of drug-likeness (QED) is 0.489. The first-order valence-electron chi connectivity index (χ1n) is 5.62. The van der Waals surface area contributed by atoms with Crippen molar-refractivity contribution in [1.29, 1.82) is 0 Å². The van der Waals surface area contributed by atoms with Crippen LogP contribution in [0.1, 0.15) is 38.5 Å². The fourth-order valence-electron chi connectivity index (χ4n) is 1.40. The van der Waals surface area contributed by atoms with Gasteiger partial charge in [-0.05, 0) is 38.5 Å². The Labute approximate surface area is 87.7 Å². The zero-order chi connectivity index (χ0) is 9.90. The predicted molar refractivity (Wildman–Crippen MR) is 64.3 cm³/mol. The Morgan fingerprint density at radius 2 is 1.07 bits per heavy atom. The van der Waals surface area contributed by atoms with E-state index in [9.17, 15) is 0 Å². The van der Waals surface area contributed by atoms with Crippen LogP contribution in [0.5, 0.6) is 0 Å². The van der Waals surface area contributed by atoms with Crippen LogP contribution in [0, 0.1) is 0 Å². The Kier molecular flexibility index (Phi) is 6.74. The van der Waals surface area contributed by atoms with Gasteiger partial charge in [0, 0.05) is 0 Å². The van der Waals surface area contributed by atoms with Crippen molar-refractivity contribution in [1.82, 2.24) is 0 Å². The van der Waals surface area contributed by atoms with Crippen molar-refractivity contribution >= 4 is 0 Å². The molecule has 0 radical (unpaired) electrons. The summed E-state index contributed by atoms with van der Waals surface area (Å²) >= 11 is 0. The third kappa shape index (κ3) is 6.47. The van der Waals surface area contributed by atoms with Gasteiger partial charge in [-0.2, -0.15) is 0 Å². The highest BCUT2D eigenvalue weighted by Gasteiger charge is 1.81. The molecule has 0 fully saturated rings. The fourth-order valence-corrected chi connectivity index (χ4v) is 1.40. The van der Waals surface area contributed by atoms with Crippen molar-refractivity contribution in [2.75, 3.05) is 0 Å². The highest BCUT2D eigenvalue weighted by atomic mass is 13.9. The highest BCUT2D eigenvalue weighted by molar-refractivity contribution is 5.03. The molecule has 0 atom stereocenters. The Bertz CT molecular complexity index is 228. The molecule has 14 heavy (non-hydrogen) atoms. The molecule has 0 saturated heterocycles. The third-order valence-electron chi connectivity index (χ3n) is 2.23. The van der Waals surface area contributed by atoms with Crippen molar-refractivity contribution in [3.63, 3.8) is 0 Å². The molecule has 0 heterocycles. The maximum absolute atomic E-state index is 2.29. The van der Waals surface area contributed by atoms with E-state index in [1.807, 2.05) is 0 Å². The largest absolute Gasteiger partial charge is 0.0882 e. The molecule has 0 aromatic rings. The Morgan fingerprint density at radius 3 is 1.93 bits per heavy atom. The van der Waals surface area contributed by atoms with Gasteiger partial charge in [0.15, 0.2) is 0 Å². The Balaban J connectivity index is 2.34. The summed E-state index contributed by atoms with van der Waals surface area (Å²) in [5, 5.41) is 0. The maximum Gasteiger partial charge on any atom is -0.0169 e. The minimum atomic E-state index is 1.10. The zero-order valence-electron chi connectivity index (χ0n) is 8.86. The van der Waals surface area contributed by atoms with Crippen LogP contribution in [-0.4, -0.2) is 0 Å². The Hall–Kier alpha value is -1.04. The van der Waals surface area contributed by atoms with Crippen LogP contribution < -0.4 is 0 Å². The summed E-state index contributed by atoms with van der Waals surface area (Å²) in [5.41, 5.74) is 0. The van der Waals surface area contributed by atoms with Gasteiger partial charge in [0.25, 0.3) is 0 Å². The van der Waals surface area contributed by atoms with Gasteiger partial charge in [-0.15, -0.1) is 0 Å². The first kappa shape index (κ1) is 11.0. The summed E-state index contributed by atoms with van der Waals surface area (Å²) in [6, 6.07) is 0. The summed E-state index contributed by atoms with van der Waals surface area (Å²) in [7, 11) is 0. The lowest BCUT2D eigenvalue weighted by molar-refractivity contribution is 0.865. The molecule has 0 bridgehead atoms. The fraction of sp³-hybridized carbons (Fsp3) is 0.429. The van der Waals surface area contributed by atoms with Gasteiger partial charge < -0.3 is 0 Å². The molecule has 0 saturated carbocycles. The predicted octanol–water partition coefficient (Wildman–Crippen LogP) is 4.57. The van der Waals surface area contributed by atoms with E-state index in [2.05, 4.69) is 48.6 Å². The molecule has 76 valence electrons. The van der Waals surface area contributed by atoms with E-state index in [4.69, 9.17) is 0 Å². The van der Waals surface area contributed by atoms with Crippen LogP contribution in [0.15, 0.2) is 48.6 Å². The van der Waals surface area contributed by atoms with Gasteiger partial charge in [-0.1, -0.05) is 48.6 Å². The minimum absolute atomic E-state index is 1.10. The van der Waals surface area contributed by atoms with Crippen LogP contribution >= 0.6 is 0 Å². The number of allylic oxidation sites excluding steroid dienone is 8.